The molecule has 9 nitrogen and oxygen atoms in total. The average Bonchev–Trinajstić information content (AvgIpc) is 2.85. The number of benzene rings is 1. The number of aliphatic hydroxyl groups excluding tert-OH is 1. The third-order valence-corrected chi connectivity index (χ3v) is 7.77. The number of hydrogen-bond acceptors (Lipinski definition) is 8. The highest BCUT2D eigenvalue weighted by molar-refractivity contribution is 7.92. The molecule has 0 aliphatic heterocycles. The number of aryl methyl sites for hydroxylation is 2. The Morgan fingerprint density at radius 2 is 1.77 bits per heavy atom. The van der Waals surface area contributed by atoms with Gasteiger partial charge in [0.15, 0.2) is 0 Å². The first-order valence-corrected chi connectivity index (χ1v) is 13.3. The van der Waals surface area contributed by atoms with Gasteiger partial charge in [0, 0.05) is 24.0 Å². The molecule has 4 rings (SSSR count). The van der Waals surface area contributed by atoms with Gasteiger partial charge in [0.2, 0.25) is 11.8 Å². The molecule has 0 bridgehead atoms. The topological polar surface area (TPSA) is 126 Å². The molecule has 1 aromatic carbocycles. The predicted octanol–water partition coefficient (Wildman–Crippen LogP) is 3.84. The number of aromatic nitrogens is 3. The predicted molar refractivity (Wildman–Crippen MR) is 134 cm³/mol. The zero-order valence-corrected chi connectivity index (χ0v) is 20.9. The van der Waals surface area contributed by atoms with E-state index in [1.54, 1.807) is 36.7 Å². The molecule has 2 aromatic heterocycles. The van der Waals surface area contributed by atoms with Crippen LogP contribution < -0.4 is 14.8 Å². The van der Waals surface area contributed by atoms with Crippen LogP contribution >= 0.6 is 11.6 Å². The standard InChI is InChI=1S/C24H28ClN5O4S/c1-34-23-17(8-13-22(29-23)30-35(32,33)21-5-3-2-4-20(21)25)7-6-16-14-26-24(27-15-16)28-18-9-11-19(31)12-10-18/h2-5,8,13-15,18-19,31H,6-7,9-12H2,1H3,(H,29,30)(H,26,27,28). The van der Waals surface area contributed by atoms with Crippen LogP contribution in [0.3, 0.4) is 0 Å². The van der Waals surface area contributed by atoms with Crippen molar-refractivity contribution in [3.63, 3.8) is 0 Å². The van der Waals surface area contributed by atoms with Crippen molar-refractivity contribution in [2.45, 2.75) is 55.6 Å². The Kier molecular flexibility index (Phi) is 8.04. The highest BCUT2D eigenvalue weighted by Gasteiger charge is 2.20. The van der Waals surface area contributed by atoms with Gasteiger partial charge in [-0.15, -0.1) is 0 Å². The fourth-order valence-electron chi connectivity index (χ4n) is 3.99. The van der Waals surface area contributed by atoms with Crippen LogP contribution in [0.2, 0.25) is 5.02 Å². The fourth-order valence-corrected chi connectivity index (χ4v) is 5.51. The summed E-state index contributed by atoms with van der Waals surface area (Å²) in [4.78, 5) is 13.1. The molecule has 186 valence electrons. The quantitative estimate of drug-likeness (QED) is 0.391. The number of ether oxygens (including phenoxy) is 1. The van der Waals surface area contributed by atoms with E-state index >= 15 is 0 Å². The molecular formula is C24H28ClN5O4S. The molecule has 3 N–H and O–H groups in total. The average molecular weight is 518 g/mol. The van der Waals surface area contributed by atoms with Gasteiger partial charge in [-0.25, -0.2) is 18.4 Å². The lowest BCUT2D eigenvalue weighted by molar-refractivity contribution is 0.126. The van der Waals surface area contributed by atoms with Crippen molar-refractivity contribution < 1.29 is 18.3 Å². The molecule has 0 amide bonds. The van der Waals surface area contributed by atoms with Gasteiger partial charge >= 0.3 is 0 Å². The molecule has 11 heteroatoms. The second kappa shape index (κ2) is 11.2. The number of methoxy groups -OCH3 is 1. The van der Waals surface area contributed by atoms with Crippen LogP contribution in [-0.2, 0) is 22.9 Å². The minimum absolute atomic E-state index is 0.0227. The second-order valence-electron chi connectivity index (χ2n) is 8.47. The lowest BCUT2D eigenvalue weighted by Gasteiger charge is -2.26. The maximum absolute atomic E-state index is 12.7. The lowest BCUT2D eigenvalue weighted by atomic mass is 9.93. The minimum atomic E-state index is -3.89. The number of anilines is 2. The third kappa shape index (κ3) is 6.59. The van der Waals surface area contributed by atoms with Crippen LogP contribution in [0.25, 0.3) is 0 Å². The van der Waals surface area contributed by atoms with E-state index in [-0.39, 0.29) is 27.9 Å². The number of nitrogens with zero attached hydrogens (tertiary/aromatic N) is 3. The van der Waals surface area contributed by atoms with E-state index in [9.17, 15) is 13.5 Å². The normalized spacial score (nSPS) is 18.1. The summed E-state index contributed by atoms with van der Waals surface area (Å²) in [6.45, 7) is 0. The summed E-state index contributed by atoms with van der Waals surface area (Å²) in [6.07, 6.45) is 8.07. The van der Waals surface area contributed by atoms with Crippen molar-refractivity contribution in [1.82, 2.24) is 15.0 Å². The van der Waals surface area contributed by atoms with Crippen molar-refractivity contribution in [3.8, 4) is 5.88 Å². The first-order chi connectivity index (χ1) is 16.8. The maximum Gasteiger partial charge on any atom is 0.264 e. The maximum atomic E-state index is 12.7. The zero-order valence-electron chi connectivity index (χ0n) is 19.3. The molecule has 0 saturated heterocycles. The molecule has 3 aromatic rings. The molecule has 1 saturated carbocycles. The highest BCUT2D eigenvalue weighted by Crippen LogP contribution is 2.26. The monoisotopic (exact) mass is 517 g/mol. The van der Waals surface area contributed by atoms with Gasteiger partial charge in [-0.1, -0.05) is 23.7 Å². The van der Waals surface area contributed by atoms with E-state index in [1.165, 1.54) is 19.2 Å². The van der Waals surface area contributed by atoms with Crippen LogP contribution in [-0.4, -0.2) is 47.7 Å². The van der Waals surface area contributed by atoms with Gasteiger partial charge < -0.3 is 15.2 Å². The summed E-state index contributed by atoms with van der Waals surface area (Å²) in [7, 11) is -2.40. The molecule has 1 aliphatic carbocycles. The van der Waals surface area contributed by atoms with E-state index in [0.717, 1.165) is 36.8 Å². The first kappa shape index (κ1) is 25.2. The van der Waals surface area contributed by atoms with Gasteiger partial charge in [-0.3, -0.25) is 4.72 Å². The Bertz CT molecular complexity index is 1250. The number of pyridine rings is 1. The van der Waals surface area contributed by atoms with Crippen LogP contribution in [0.4, 0.5) is 11.8 Å². The van der Waals surface area contributed by atoms with Crippen molar-refractivity contribution in [2.75, 3.05) is 17.1 Å². The van der Waals surface area contributed by atoms with Gasteiger partial charge in [0.1, 0.15) is 10.7 Å². The zero-order chi connectivity index (χ0) is 24.8. The van der Waals surface area contributed by atoms with E-state index in [2.05, 4.69) is 25.0 Å². The SMILES string of the molecule is COc1nc(NS(=O)(=O)c2ccccc2Cl)ccc1CCc1cnc(NC2CCC(O)CC2)nc1. The molecule has 2 heterocycles. The van der Waals surface area contributed by atoms with E-state index in [0.29, 0.717) is 24.7 Å². The number of sulfonamides is 1. The molecule has 1 fully saturated rings. The number of halogens is 1. The van der Waals surface area contributed by atoms with Crippen molar-refractivity contribution in [1.29, 1.82) is 0 Å². The second-order valence-corrected chi connectivity index (χ2v) is 10.5. The lowest BCUT2D eigenvalue weighted by Crippen LogP contribution is -2.28. The minimum Gasteiger partial charge on any atom is -0.481 e. The Hall–Kier alpha value is -2.95. The van der Waals surface area contributed by atoms with Crippen molar-refractivity contribution in [2.24, 2.45) is 0 Å². The van der Waals surface area contributed by atoms with E-state index in [1.807, 2.05) is 0 Å². The summed E-state index contributed by atoms with van der Waals surface area (Å²) in [5.41, 5.74) is 1.79. The first-order valence-electron chi connectivity index (χ1n) is 11.4. The van der Waals surface area contributed by atoms with Gasteiger partial charge in [0.05, 0.1) is 18.2 Å². The third-order valence-electron chi connectivity index (χ3n) is 5.92. The summed E-state index contributed by atoms with van der Waals surface area (Å²) in [5.74, 6) is 1.06. The molecule has 0 unspecified atom stereocenters. The smallest absolute Gasteiger partial charge is 0.264 e. The van der Waals surface area contributed by atoms with Crippen LogP contribution in [0.1, 0.15) is 36.8 Å². The van der Waals surface area contributed by atoms with Crippen LogP contribution in [0.5, 0.6) is 5.88 Å². The fraction of sp³-hybridized carbons (Fsp3) is 0.375. The Balaban J connectivity index is 1.37. The van der Waals surface area contributed by atoms with E-state index < -0.39 is 10.0 Å². The molecule has 0 radical (unpaired) electrons. The Labute approximate surface area is 210 Å². The summed E-state index contributed by atoms with van der Waals surface area (Å²) in [6, 6.07) is 9.87. The molecule has 0 atom stereocenters. The summed E-state index contributed by atoms with van der Waals surface area (Å²) < 4.78 is 33.2. The van der Waals surface area contributed by atoms with Crippen molar-refractivity contribution in [3.05, 3.63) is 64.9 Å². The molecule has 1 aliphatic rings. The summed E-state index contributed by atoms with van der Waals surface area (Å²) >= 11 is 6.03. The Morgan fingerprint density at radius 1 is 1.06 bits per heavy atom. The van der Waals surface area contributed by atoms with Crippen LogP contribution in [0.15, 0.2) is 53.7 Å². The highest BCUT2D eigenvalue weighted by atomic mass is 35.5. The summed E-state index contributed by atoms with van der Waals surface area (Å²) in [5, 5.41) is 13.1. The molecule has 35 heavy (non-hydrogen) atoms. The van der Waals surface area contributed by atoms with Crippen LogP contribution in [0, 0.1) is 0 Å². The van der Waals surface area contributed by atoms with Gasteiger partial charge in [-0.2, -0.15) is 4.98 Å². The number of nitrogens with one attached hydrogen (secondary N) is 2. The molecular weight excluding hydrogens is 490 g/mol. The number of rotatable bonds is 9. The van der Waals surface area contributed by atoms with E-state index in [4.69, 9.17) is 16.3 Å². The van der Waals surface area contributed by atoms with Gasteiger partial charge in [0.25, 0.3) is 10.0 Å². The largest absolute Gasteiger partial charge is 0.481 e. The Morgan fingerprint density at radius 3 is 2.46 bits per heavy atom. The van der Waals surface area contributed by atoms with Crippen molar-refractivity contribution >= 4 is 33.4 Å². The van der Waals surface area contributed by atoms with Gasteiger partial charge in [-0.05, 0) is 68.4 Å². The number of aliphatic hydroxyl groups is 1. The molecule has 0 spiro atoms. The number of hydrogen-bond donors (Lipinski definition) is 3.